The van der Waals surface area contributed by atoms with Gasteiger partial charge in [-0.05, 0) is 92.3 Å². The van der Waals surface area contributed by atoms with Crippen LogP contribution in [0.5, 0.6) is 0 Å². The normalized spacial score (nSPS) is 11.0. The van der Waals surface area contributed by atoms with Crippen molar-refractivity contribution in [2.24, 2.45) is 0 Å². The highest BCUT2D eigenvalue weighted by Crippen LogP contribution is 2.43. The maximum Gasteiger partial charge on any atom is 0.336 e. The Kier molecular flexibility index (Phi) is 7.73. The molecule has 244 valence electrons. The number of hydrogen-bond acceptors (Lipinski definition) is 6. The number of hydrogen-bond donors (Lipinski definition) is 6. The van der Waals surface area contributed by atoms with Crippen LogP contribution in [-0.4, -0.2) is 64.2 Å². The first-order valence-corrected chi connectivity index (χ1v) is 15.0. The smallest absolute Gasteiger partial charge is 0.336 e. The Labute approximate surface area is 280 Å². The second-order valence-electron chi connectivity index (χ2n) is 11.2. The maximum absolute atomic E-state index is 11.9. The average molecular weight is 665 g/mol. The molecule has 0 fully saturated rings. The van der Waals surface area contributed by atoms with Crippen LogP contribution < -0.4 is 0 Å². The molecule has 0 saturated carbocycles. The van der Waals surface area contributed by atoms with Gasteiger partial charge in [-0.1, -0.05) is 42.5 Å². The molecule has 0 atom stereocenters. The predicted octanol–water partition coefficient (Wildman–Crippen LogP) is 7.66. The molecule has 50 heavy (non-hydrogen) atoms. The van der Waals surface area contributed by atoms with Crippen molar-refractivity contribution in [2.45, 2.75) is 0 Å². The largest absolute Gasteiger partial charge is 0.478 e. The van der Waals surface area contributed by atoms with Crippen LogP contribution in [0.4, 0.5) is 0 Å². The van der Waals surface area contributed by atoms with Gasteiger partial charge in [0.1, 0.15) is 0 Å². The fraction of sp³-hybridized carbons (Fsp3) is 0. The van der Waals surface area contributed by atoms with Crippen molar-refractivity contribution in [3.8, 4) is 0 Å². The number of H-pyrrole nitrogens is 2. The van der Waals surface area contributed by atoms with Gasteiger partial charge in [0.2, 0.25) is 0 Å². The van der Waals surface area contributed by atoms with E-state index < -0.39 is 23.9 Å². The fourth-order valence-corrected chi connectivity index (χ4v) is 6.29. The SMILES string of the molecule is O=C(O)c1cc2c(C(=O)O)ccc3c4ccc(C(=O)O)c5c(C(=O)O)ccc(c(c1)c23)c54.c1ccc2[nH]cnc2c1.c1ccc2[nH]cnc2c1. The Hall–Kier alpha value is -7.34. The van der Waals surface area contributed by atoms with Crippen molar-refractivity contribution >= 4 is 89.0 Å². The lowest BCUT2D eigenvalue weighted by Gasteiger charge is -2.18. The lowest BCUT2D eigenvalue weighted by Crippen LogP contribution is -2.06. The number of aromatic carboxylic acids is 4. The van der Waals surface area contributed by atoms with E-state index in [4.69, 9.17) is 0 Å². The van der Waals surface area contributed by atoms with E-state index in [0.29, 0.717) is 32.3 Å². The highest BCUT2D eigenvalue weighted by atomic mass is 16.4. The molecule has 0 amide bonds. The third-order valence-corrected chi connectivity index (χ3v) is 8.45. The van der Waals surface area contributed by atoms with E-state index in [2.05, 4.69) is 19.9 Å². The zero-order chi connectivity index (χ0) is 35.1. The first-order chi connectivity index (χ1) is 24.1. The summed E-state index contributed by atoms with van der Waals surface area (Å²) in [5.41, 5.74) is 3.64. The number of carboxylic acids is 4. The first-order valence-electron chi connectivity index (χ1n) is 15.0. The highest BCUT2D eigenvalue weighted by Gasteiger charge is 2.24. The predicted molar refractivity (Wildman–Crippen MR) is 188 cm³/mol. The molecular formula is C38H24N4O8. The highest BCUT2D eigenvalue weighted by molar-refractivity contribution is 6.37. The third-order valence-electron chi connectivity index (χ3n) is 8.45. The molecule has 0 aliphatic rings. The summed E-state index contributed by atoms with van der Waals surface area (Å²) in [5.74, 6) is -5.07. The summed E-state index contributed by atoms with van der Waals surface area (Å²) in [5, 5.41) is 41.7. The van der Waals surface area contributed by atoms with Gasteiger partial charge in [0, 0.05) is 5.39 Å². The molecule has 6 N–H and O–H groups in total. The van der Waals surface area contributed by atoms with E-state index in [1.54, 1.807) is 24.8 Å². The zero-order valence-electron chi connectivity index (χ0n) is 25.7. The third kappa shape index (κ3) is 5.32. The molecule has 0 aliphatic carbocycles. The van der Waals surface area contributed by atoms with Crippen LogP contribution in [0.15, 0.2) is 110 Å². The molecule has 0 spiro atoms. The van der Waals surface area contributed by atoms with Gasteiger partial charge in [0.25, 0.3) is 0 Å². The number of carbonyl (C=O) groups is 4. The number of carboxylic acid groups (broad SMARTS) is 4. The number of nitrogens with zero attached hydrogens (tertiary/aromatic N) is 2. The van der Waals surface area contributed by atoms with Gasteiger partial charge < -0.3 is 30.4 Å². The van der Waals surface area contributed by atoms with Crippen molar-refractivity contribution in [3.05, 3.63) is 132 Å². The molecule has 0 aliphatic heterocycles. The van der Waals surface area contributed by atoms with E-state index >= 15 is 0 Å². The van der Waals surface area contributed by atoms with Crippen molar-refractivity contribution in [1.82, 2.24) is 19.9 Å². The minimum absolute atomic E-state index is 0.0295. The lowest BCUT2D eigenvalue weighted by atomic mass is 9.85. The van der Waals surface area contributed by atoms with E-state index in [1.165, 1.54) is 36.4 Å². The van der Waals surface area contributed by atoms with Gasteiger partial charge in [-0.15, -0.1) is 0 Å². The van der Waals surface area contributed by atoms with Crippen LogP contribution in [0.2, 0.25) is 0 Å². The number of aromatic nitrogens is 4. The van der Waals surface area contributed by atoms with Crippen molar-refractivity contribution in [2.75, 3.05) is 0 Å². The number of benzene rings is 7. The van der Waals surface area contributed by atoms with E-state index in [1.807, 2.05) is 48.5 Å². The summed E-state index contributed by atoms with van der Waals surface area (Å²) in [6, 6.07) is 27.2. The van der Waals surface area contributed by atoms with Gasteiger partial charge in [-0.25, -0.2) is 29.1 Å². The number of fused-ring (bicyclic) bond motifs is 4. The fourth-order valence-electron chi connectivity index (χ4n) is 6.29. The summed E-state index contributed by atoms with van der Waals surface area (Å²) in [7, 11) is 0. The van der Waals surface area contributed by atoms with Gasteiger partial charge in [0.15, 0.2) is 0 Å². The maximum atomic E-state index is 11.9. The summed E-state index contributed by atoms with van der Waals surface area (Å²) in [6.45, 7) is 0. The Balaban J connectivity index is 0.000000174. The molecule has 2 aromatic heterocycles. The van der Waals surface area contributed by atoms with Crippen LogP contribution in [0.3, 0.4) is 0 Å². The Morgan fingerprint density at radius 1 is 0.440 bits per heavy atom. The molecule has 9 aromatic rings. The Morgan fingerprint density at radius 3 is 1.36 bits per heavy atom. The van der Waals surface area contributed by atoms with Crippen LogP contribution >= 0.6 is 0 Å². The van der Waals surface area contributed by atoms with Crippen LogP contribution in [0, 0.1) is 0 Å². The van der Waals surface area contributed by atoms with Crippen molar-refractivity contribution in [3.63, 3.8) is 0 Å². The number of rotatable bonds is 4. The van der Waals surface area contributed by atoms with Gasteiger partial charge >= 0.3 is 23.9 Å². The Bertz CT molecular complexity index is 2650. The van der Waals surface area contributed by atoms with E-state index in [9.17, 15) is 39.6 Å². The summed E-state index contributed by atoms with van der Waals surface area (Å²) in [4.78, 5) is 61.5. The quantitative estimate of drug-likeness (QED) is 0.0800. The first kappa shape index (κ1) is 31.3. The molecule has 2 heterocycles. The lowest BCUT2D eigenvalue weighted by molar-refractivity contribution is 0.0684. The van der Waals surface area contributed by atoms with E-state index in [0.717, 1.165) is 22.1 Å². The van der Waals surface area contributed by atoms with Crippen molar-refractivity contribution in [1.29, 1.82) is 0 Å². The summed E-state index contributed by atoms with van der Waals surface area (Å²) < 4.78 is 0. The molecular weight excluding hydrogens is 640 g/mol. The zero-order valence-corrected chi connectivity index (χ0v) is 25.7. The molecule has 0 bridgehead atoms. The van der Waals surface area contributed by atoms with E-state index in [-0.39, 0.29) is 33.0 Å². The minimum Gasteiger partial charge on any atom is -0.478 e. The number of aromatic amines is 2. The molecule has 0 radical (unpaired) electrons. The van der Waals surface area contributed by atoms with Crippen LogP contribution in [-0.2, 0) is 0 Å². The molecule has 9 rings (SSSR count). The average Bonchev–Trinajstić information content (AvgIpc) is 3.80. The standard InChI is InChI=1S/C24H12O8.2C7H6N2/c25-21(26)9-7-16-12-3-6-15(24(31)32)20-14(23(29)30)5-2-11(19(12)20)10-1-4-13(22(27)28)17(8-9)18(10)16;2*1-2-4-7-6(3-1)8-5-9-7/h1-8H,(H,25,26)(H,27,28)(H,29,30)(H,31,32);2*1-5H,(H,8,9). The van der Waals surface area contributed by atoms with Gasteiger partial charge in [0.05, 0.1) is 57.0 Å². The number of para-hydroxylation sites is 4. The van der Waals surface area contributed by atoms with Crippen molar-refractivity contribution < 1.29 is 39.6 Å². The topological polar surface area (TPSA) is 207 Å². The summed E-state index contributed by atoms with van der Waals surface area (Å²) >= 11 is 0. The monoisotopic (exact) mass is 664 g/mol. The van der Waals surface area contributed by atoms with Crippen LogP contribution in [0.1, 0.15) is 41.4 Å². The van der Waals surface area contributed by atoms with Crippen LogP contribution in [0.25, 0.3) is 65.2 Å². The Morgan fingerprint density at radius 2 is 0.880 bits per heavy atom. The molecule has 12 nitrogen and oxygen atoms in total. The molecule has 7 aromatic carbocycles. The second-order valence-corrected chi connectivity index (χ2v) is 11.2. The molecule has 12 heteroatoms. The summed E-state index contributed by atoms with van der Waals surface area (Å²) in [6.07, 6.45) is 3.40. The van der Waals surface area contributed by atoms with Gasteiger partial charge in [-0.3, -0.25) is 0 Å². The second kappa shape index (κ2) is 12.4. The minimum atomic E-state index is -1.30. The number of imidazole rings is 2. The molecule has 0 unspecified atom stereocenters. The molecule has 0 saturated heterocycles. The van der Waals surface area contributed by atoms with Gasteiger partial charge in [-0.2, -0.15) is 0 Å². The number of nitrogens with one attached hydrogen (secondary N) is 2.